The number of hydrogen-bond donors (Lipinski definition) is 0. The summed E-state index contributed by atoms with van der Waals surface area (Å²) < 4.78 is 10.8. The zero-order valence-electron chi connectivity index (χ0n) is 10.7. The standard InChI is InChI=1S/C13H18N2O2/c1-8(2)12-7-17-13(15-12)11-6-10(16-4)5-9(3)14-11/h5-6,8,12H,7H2,1-4H3/t12-/m0/s1. The van der Waals surface area contributed by atoms with Gasteiger partial charge >= 0.3 is 0 Å². The summed E-state index contributed by atoms with van der Waals surface area (Å²) in [6.45, 7) is 6.86. The molecule has 1 aromatic rings. The van der Waals surface area contributed by atoms with Gasteiger partial charge in [-0.05, 0) is 12.8 Å². The smallest absolute Gasteiger partial charge is 0.235 e. The molecule has 1 aliphatic rings. The van der Waals surface area contributed by atoms with E-state index in [9.17, 15) is 0 Å². The van der Waals surface area contributed by atoms with Gasteiger partial charge in [-0.15, -0.1) is 0 Å². The molecule has 2 rings (SSSR count). The molecule has 4 heteroatoms. The summed E-state index contributed by atoms with van der Waals surface area (Å²) >= 11 is 0. The first-order valence-corrected chi connectivity index (χ1v) is 5.84. The molecule has 0 saturated carbocycles. The summed E-state index contributed by atoms with van der Waals surface area (Å²) in [7, 11) is 1.65. The van der Waals surface area contributed by atoms with Crippen molar-refractivity contribution in [2.45, 2.75) is 26.8 Å². The van der Waals surface area contributed by atoms with Gasteiger partial charge < -0.3 is 9.47 Å². The summed E-state index contributed by atoms with van der Waals surface area (Å²) in [4.78, 5) is 8.97. The van der Waals surface area contributed by atoms with E-state index in [-0.39, 0.29) is 6.04 Å². The van der Waals surface area contributed by atoms with Gasteiger partial charge in [-0.1, -0.05) is 13.8 Å². The predicted molar refractivity (Wildman–Crippen MR) is 66.6 cm³/mol. The van der Waals surface area contributed by atoms with E-state index >= 15 is 0 Å². The third-order valence-electron chi connectivity index (χ3n) is 2.83. The fourth-order valence-corrected chi connectivity index (χ4v) is 1.74. The fourth-order valence-electron chi connectivity index (χ4n) is 1.74. The lowest BCUT2D eigenvalue weighted by molar-refractivity contribution is 0.291. The highest BCUT2D eigenvalue weighted by atomic mass is 16.5. The van der Waals surface area contributed by atoms with E-state index in [1.807, 2.05) is 19.1 Å². The van der Waals surface area contributed by atoms with Crippen LogP contribution < -0.4 is 4.74 Å². The Morgan fingerprint density at radius 1 is 1.41 bits per heavy atom. The SMILES string of the molecule is COc1cc(C)nc(C2=N[C@H](C(C)C)CO2)c1. The molecule has 0 aromatic carbocycles. The predicted octanol–water partition coefficient (Wildman–Crippen LogP) is 2.20. The molecule has 1 aromatic heterocycles. The van der Waals surface area contributed by atoms with Crippen LogP contribution >= 0.6 is 0 Å². The first kappa shape index (κ1) is 11.9. The average Bonchev–Trinajstić information content (AvgIpc) is 2.77. The Morgan fingerprint density at radius 3 is 2.76 bits per heavy atom. The van der Waals surface area contributed by atoms with Gasteiger partial charge in [0.25, 0.3) is 0 Å². The molecule has 0 N–H and O–H groups in total. The number of aryl methyl sites for hydroxylation is 1. The van der Waals surface area contributed by atoms with Gasteiger partial charge in [0.2, 0.25) is 5.90 Å². The van der Waals surface area contributed by atoms with Gasteiger partial charge in [0.15, 0.2) is 0 Å². The van der Waals surface area contributed by atoms with Crippen molar-refractivity contribution in [2.75, 3.05) is 13.7 Å². The van der Waals surface area contributed by atoms with E-state index in [4.69, 9.17) is 9.47 Å². The first-order valence-electron chi connectivity index (χ1n) is 5.84. The van der Waals surface area contributed by atoms with Gasteiger partial charge in [0.05, 0.1) is 13.2 Å². The molecule has 0 fully saturated rings. The van der Waals surface area contributed by atoms with Crippen LogP contribution in [0.1, 0.15) is 25.2 Å². The second-order valence-corrected chi connectivity index (χ2v) is 4.59. The van der Waals surface area contributed by atoms with E-state index in [1.165, 1.54) is 0 Å². The van der Waals surface area contributed by atoms with Crippen molar-refractivity contribution in [1.29, 1.82) is 0 Å². The summed E-state index contributed by atoms with van der Waals surface area (Å²) in [5.74, 6) is 1.90. The minimum Gasteiger partial charge on any atom is -0.497 e. The van der Waals surface area contributed by atoms with E-state index in [0.29, 0.717) is 18.4 Å². The van der Waals surface area contributed by atoms with Crippen molar-refractivity contribution in [3.63, 3.8) is 0 Å². The summed E-state index contributed by atoms with van der Waals surface area (Å²) in [5, 5.41) is 0. The van der Waals surface area contributed by atoms with Crippen LogP contribution in [0.3, 0.4) is 0 Å². The summed E-state index contributed by atoms with van der Waals surface area (Å²) in [6.07, 6.45) is 0. The Labute approximate surface area is 102 Å². The fraction of sp³-hybridized carbons (Fsp3) is 0.538. The third-order valence-corrected chi connectivity index (χ3v) is 2.83. The zero-order chi connectivity index (χ0) is 12.4. The lowest BCUT2D eigenvalue weighted by atomic mass is 10.1. The molecule has 92 valence electrons. The number of ether oxygens (including phenoxy) is 2. The van der Waals surface area contributed by atoms with Crippen LogP contribution in [-0.4, -0.2) is 30.6 Å². The van der Waals surface area contributed by atoms with E-state index in [1.54, 1.807) is 7.11 Å². The van der Waals surface area contributed by atoms with Crippen LogP contribution in [0.4, 0.5) is 0 Å². The summed E-state index contributed by atoms with van der Waals surface area (Å²) in [5.41, 5.74) is 1.66. The minimum absolute atomic E-state index is 0.235. The zero-order valence-corrected chi connectivity index (χ0v) is 10.7. The van der Waals surface area contributed by atoms with Crippen molar-refractivity contribution < 1.29 is 9.47 Å². The maximum Gasteiger partial charge on any atom is 0.235 e. The highest BCUT2D eigenvalue weighted by Crippen LogP contribution is 2.20. The topological polar surface area (TPSA) is 43.7 Å². The van der Waals surface area contributed by atoms with Crippen LogP contribution in [0.15, 0.2) is 17.1 Å². The maximum absolute atomic E-state index is 5.60. The van der Waals surface area contributed by atoms with Gasteiger partial charge in [-0.2, -0.15) is 0 Å². The van der Waals surface area contributed by atoms with Gasteiger partial charge in [0.1, 0.15) is 18.1 Å². The normalized spacial score (nSPS) is 19.1. The number of aromatic nitrogens is 1. The number of rotatable bonds is 3. The van der Waals surface area contributed by atoms with Crippen LogP contribution in [0.25, 0.3) is 0 Å². The number of aliphatic imine (C=N–C) groups is 1. The minimum atomic E-state index is 0.235. The molecule has 2 heterocycles. The molecular formula is C13H18N2O2. The molecular weight excluding hydrogens is 216 g/mol. The Kier molecular flexibility index (Phi) is 3.31. The molecule has 0 bridgehead atoms. The van der Waals surface area contributed by atoms with Crippen LogP contribution in [0.5, 0.6) is 5.75 Å². The first-order chi connectivity index (χ1) is 8.10. The highest BCUT2D eigenvalue weighted by Gasteiger charge is 2.23. The van der Waals surface area contributed by atoms with Gasteiger partial charge in [-0.25, -0.2) is 9.98 Å². The molecule has 1 atom stereocenters. The van der Waals surface area contributed by atoms with Crippen molar-refractivity contribution in [2.24, 2.45) is 10.9 Å². The molecule has 4 nitrogen and oxygen atoms in total. The lowest BCUT2D eigenvalue weighted by Gasteiger charge is -2.06. The Bertz CT molecular complexity index is 441. The molecule has 0 spiro atoms. The summed E-state index contributed by atoms with van der Waals surface area (Å²) in [6, 6.07) is 3.98. The van der Waals surface area contributed by atoms with Gasteiger partial charge in [0, 0.05) is 17.8 Å². The molecule has 1 aliphatic heterocycles. The monoisotopic (exact) mass is 234 g/mol. The molecule has 0 saturated heterocycles. The second-order valence-electron chi connectivity index (χ2n) is 4.59. The second kappa shape index (κ2) is 4.73. The van der Waals surface area contributed by atoms with Crippen molar-refractivity contribution in [3.05, 3.63) is 23.5 Å². The average molecular weight is 234 g/mol. The number of pyridine rings is 1. The van der Waals surface area contributed by atoms with E-state index in [0.717, 1.165) is 17.1 Å². The van der Waals surface area contributed by atoms with Gasteiger partial charge in [-0.3, -0.25) is 0 Å². The van der Waals surface area contributed by atoms with E-state index < -0.39 is 0 Å². The molecule has 0 amide bonds. The lowest BCUT2D eigenvalue weighted by Crippen LogP contribution is -2.13. The van der Waals surface area contributed by atoms with Crippen molar-refractivity contribution in [1.82, 2.24) is 4.98 Å². The van der Waals surface area contributed by atoms with Crippen LogP contribution in [-0.2, 0) is 4.74 Å². The molecule has 0 unspecified atom stereocenters. The quantitative estimate of drug-likeness (QED) is 0.805. The molecule has 0 aliphatic carbocycles. The Hall–Kier alpha value is -1.58. The van der Waals surface area contributed by atoms with Crippen molar-refractivity contribution in [3.8, 4) is 5.75 Å². The number of nitrogens with zero attached hydrogens (tertiary/aromatic N) is 2. The maximum atomic E-state index is 5.60. The highest BCUT2D eigenvalue weighted by molar-refractivity contribution is 5.93. The molecule has 0 radical (unpaired) electrons. The third kappa shape index (κ3) is 2.57. The van der Waals surface area contributed by atoms with Crippen LogP contribution in [0.2, 0.25) is 0 Å². The Morgan fingerprint density at radius 2 is 2.18 bits per heavy atom. The van der Waals surface area contributed by atoms with Crippen LogP contribution in [0, 0.1) is 12.8 Å². The number of methoxy groups -OCH3 is 1. The van der Waals surface area contributed by atoms with E-state index in [2.05, 4.69) is 23.8 Å². The Balaban J connectivity index is 2.29. The van der Waals surface area contributed by atoms with Crippen molar-refractivity contribution >= 4 is 5.90 Å². The molecule has 17 heavy (non-hydrogen) atoms. The largest absolute Gasteiger partial charge is 0.497 e. The number of hydrogen-bond acceptors (Lipinski definition) is 4.